The van der Waals surface area contributed by atoms with E-state index in [4.69, 9.17) is 0 Å². The fourth-order valence-corrected chi connectivity index (χ4v) is 4.31. The summed E-state index contributed by atoms with van der Waals surface area (Å²) in [6.45, 7) is 2.71. The van der Waals surface area contributed by atoms with Crippen molar-refractivity contribution in [3.63, 3.8) is 0 Å². The van der Waals surface area contributed by atoms with Gasteiger partial charge in [0.25, 0.3) is 0 Å². The molecule has 150 valence electrons. The summed E-state index contributed by atoms with van der Waals surface area (Å²) in [7, 11) is 0. The molecule has 0 bridgehead atoms. The number of thiophene rings is 1. The van der Waals surface area contributed by atoms with Gasteiger partial charge >= 0.3 is 6.18 Å². The van der Waals surface area contributed by atoms with E-state index in [9.17, 15) is 13.2 Å². The van der Waals surface area contributed by atoms with Crippen molar-refractivity contribution >= 4 is 23.1 Å². The molecule has 29 heavy (non-hydrogen) atoms. The minimum absolute atomic E-state index is 0.386. The first kappa shape index (κ1) is 19.6. The second kappa shape index (κ2) is 7.95. The third-order valence-electron chi connectivity index (χ3n) is 4.08. The van der Waals surface area contributed by atoms with E-state index in [1.165, 1.54) is 28.6 Å². The molecule has 0 aliphatic heterocycles. The van der Waals surface area contributed by atoms with Crippen LogP contribution >= 0.6 is 23.1 Å². The predicted octanol–water partition coefficient (Wildman–Crippen LogP) is 4.31. The minimum atomic E-state index is -4.39. The molecule has 4 rings (SSSR count). The number of aromatic nitrogens is 7. The molecule has 0 atom stereocenters. The van der Waals surface area contributed by atoms with Gasteiger partial charge in [0.1, 0.15) is 0 Å². The highest BCUT2D eigenvalue weighted by molar-refractivity contribution is 7.98. The lowest BCUT2D eigenvalue weighted by Crippen LogP contribution is -2.07. The number of benzene rings is 1. The van der Waals surface area contributed by atoms with E-state index in [0.29, 0.717) is 23.8 Å². The van der Waals surface area contributed by atoms with Gasteiger partial charge in [0.15, 0.2) is 16.8 Å². The summed E-state index contributed by atoms with van der Waals surface area (Å²) >= 11 is 3.00. The Hall–Kier alpha value is -2.73. The average Bonchev–Trinajstić information content (AvgIpc) is 3.45. The number of nitrogens with zero attached hydrogens (tertiary/aromatic N) is 7. The third-order valence-corrected chi connectivity index (χ3v) is 5.91. The standard InChI is InChI=1S/C17H14F3N7S2/c1-2-26-15(13-4-3-9-28-13)22-23-16(26)29-10-14-21-24-25-27(14)12-7-5-11(6-8-12)17(18,19)20/h3-9H,2,10H2,1H3. The first-order valence-electron chi connectivity index (χ1n) is 8.52. The number of thioether (sulfide) groups is 1. The highest BCUT2D eigenvalue weighted by Gasteiger charge is 2.30. The number of halogens is 3. The Morgan fingerprint density at radius 2 is 1.86 bits per heavy atom. The van der Waals surface area contributed by atoms with Crippen LogP contribution < -0.4 is 0 Å². The number of alkyl halides is 3. The van der Waals surface area contributed by atoms with Gasteiger partial charge in [-0.25, -0.2) is 0 Å². The molecule has 0 spiro atoms. The van der Waals surface area contributed by atoms with Crippen LogP contribution in [0.2, 0.25) is 0 Å². The highest BCUT2D eigenvalue weighted by Crippen LogP contribution is 2.31. The van der Waals surface area contributed by atoms with Crippen molar-refractivity contribution in [1.29, 1.82) is 0 Å². The van der Waals surface area contributed by atoms with Gasteiger partial charge in [-0.15, -0.1) is 26.6 Å². The van der Waals surface area contributed by atoms with E-state index in [1.54, 1.807) is 11.3 Å². The predicted molar refractivity (Wildman–Crippen MR) is 103 cm³/mol. The second-order valence-electron chi connectivity index (χ2n) is 5.87. The van der Waals surface area contributed by atoms with Crippen molar-refractivity contribution in [3.05, 3.63) is 53.2 Å². The van der Waals surface area contributed by atoms with Crippen LogP contribution in [0, 0.1) is 0 Å². The SMILES string of the molecule is CCn1c(SCc2nnnn2-c2ccc(C(F)(F)F)cc2)nnc1-c1cccs1. The maximum absolute atomic E-state index is 12.8. The molecule has 0 N–H and O–H groups in total. The van der Waals surface area contributed by atoms with Crippen LogP contribution in [0.15, 0.2) is 46.9 Å². The summed E-state index contributed by atoms with van der Waals surface area (Å²) in [5.41, 5.74) is -0.266. The smallest absolute Gasteiger partial charge is 0.302 e. The Balaban J connectivity index is 1.53. The molecule has 0 saturated carbocycles. The van der Waals surface area contributed by atoms with E-state index in [-0.39, 0.29) is 0 Å². The summed E-state index contributed by atoms with van der Waals surface area (Å²) in [5.74, 6) is 1.68. The van der Waals surface area contributed by atoms with Gasteiger partial charge in [0.05, 0.1) is 21.9 Å². The van der Waals surface area contributed by atoms with Crippen LogP contribution in [0.5, 0.6) is 0 Å². The fourth-order valence-electron chi connectivity index (χ4n) is 2.69. The summed E-state index contributed by atoms with van der Waals surface area (Å²) in [6.07, 6.45) is -4.39. The van der Waals surface area contributed by atoms with Gasteiger partial charge in [-0.2, -0.15) is 17.9 Å². The molecule has 3 heterocycles. The Bertz CT molecular complexity index is 1090. The highest BCUT2D eigenvalue weighted by atomic mass is 32.2. The van der Waals surface area contributed by atoms with E-state index >= 15 is 0 Å². The summed E-state index contributed by atoms with van der Waals surface area (Å²) in [6, 6.07) is 8.65. The maximum atomic E-state index is 12.8. The van der Waals surface area contributed by atoms with E-state index < -0.39 is 11.7 Å². The van der Waals surface area contributed by atoms with Gasteiger partial charge < -0.3 is 4.57 Å². The van der Waals surface area contributed by atoms with Crippen molar-refractivity contribution in [2.75, 3.05) is 0 Å². The lowest BCUT2D eigenvalue weighted by atomic mass is 10.2. The van der Waals surface area contributed by atoms with Crippen molar-refractivity contribution in [1.82, 2.24) is 35.0 Å². The zero-order chi connectivity index (χ0) is 20.4. The van der Waals surface area contributed by atoms with Crippen LogP contribution in [-0.2, 0) is 18.5 Å². The lowest BCUT2D eigenvalue weighted by molar-refractivity contribution is -0.137. The molecule has 1 aromatic carbocycles. The molecule has 3 aromatic heterocycles. The largest absolute Gasteiger partial charge is 0.416 e. The molecule has 0 aliphatic carbocycles. The zero-order valence-electron chi connectivity index (χ0n) is 15.0. The molecular formula is C17H14F3N7S2. The molecular weight excluding hydrogens is 423 g/mol. The van der Waals surface area contributed by atoms with E-state index in [0.717, 1.165) is 28.0 Å². The van der Waals surface area contributed by atoms with Crippen LogP contribution in [-0.4, -0.2) is 35.0 Å². The van der Waals surface area contributed by atoms with Gasteiger partial charge in [-0.1, -0.05) is 17.8 Å². The third kappa shape index (κ3) is 4.03. The molecule has 0 fully saturated rings. The second-order valence-corrected chi connectivity index (χ2v) is 7.76. The molecule has 0 radical (unpaired) electrons. The Morgan fingerprint density at radius 1 is 1.07 bits per heavy atom. The van der Waals surface area contributed by atoms with E-state index in [2.05, 4.69) is 25.7 Å². The van der Waals surface area contributed by atoms with Crippen LogP contribution in [0.3, 0.4) is 0 Å². The monoisotopic (exact) mass is 437 g/mol. The van der Waals surface area contributed by atoms with Crippen LogP contribution in [0.4, 0.5) is 13.2 Å². The van der Waals surface area contributed by atoms with E-state index in [1.807, 2.05) is 29.0 Å². The summed E-state index contributed by atoms with van der Waals surface area (Å²) < 4.78 is 41.7. The van der Waals surface area contributed by atoms with Crippen molar-refractivity contribution in [2.24, 2.45) is 0 Å². The van der Waals surface area contributed by atoms with Gasteiger partial charge in [0, 0.05) is 6.54 Å². The van der Waals surface area contributed by atoms with Crippen molar-refractivity contribution in [2.45, 2.75) is 30.6 Å². The molecule has 4 aromatic rings. The Morgan fingerprint density at radius 3 is 2.52 bits per heavy atom. The molecule has 0 unspecified atom stereocenters. The minimum Gasteiger partial charge on any atom is -0.302 e. The summed E-state index contributed by atoms with van der Waals surface area (Å²) in [5, 5.41) is 22.8. The first-order chi connectivity index (χ1) is 14.0. The Kier molecular flexibility index (Phi) is 5.37. The molecule has 7 nitrogen and oxygen atoms in total. The summed E-state index contributed by atoms with van der Waals surface area (Å²) in [4.78, 5) is 1.03. The first-order valence-corrected chi connectivity index (χ1v) is 10.4. The van der Waals surface area contributed by atoms with Crippen molar-refractivity contribution in [3.8, 4) is 16.4 Å². The molecule has 0 aliphatic rings. The quantitative estimate of drug-likeness (QED) is 0.419. The molecule has 0 saturated heterocycles. The molecule has 0 amide bonds. The zero-order valence-corrected chi connectivity index (χ0v) is 16.7. The van der Waals surface area contributed by atoms with Gasteiger partial charge in [-0.3, -0.25) is 0 Å². The number of hydrogen-bond donors (Lipinski definition) is 0. The maximum Gasteiger partial charge on any atom is 0.416 e. The number of hydrogen-bond acceptors (Lipinski definition) is 7. The number of rotatable bonds is 6. The van der Waals surface area contributed by atoms with Crippen molar-refractivity contribution < 1.29 is 13.2 Å². The van der Waals surface area contributed by atoms with Gasteiger partial charge in [0.2, 0.25) is 0 Å². The van der Waals surface area contributed by atoms with Crippen LogP contribution in [0.25, 0.3) is 16.4 Å². The average molecular weight is 437 g/mol. The van der Waals surface area contributed by atoms with Crippen LogP contribution in [0.1, 0.15) is 18.3 Å². The number of tetrazole rings is 1. The lowest BCUT2D eigenvalue weighted by Gasteiger charge is -2.09. The fraction of sp³-hybridized carbons (Fsp3) is 0.235. The van der Waals surface area contributed by atoms with Gasteiger partial charge in [-0.05, 0) is 53.1 Å². The molecule has 12 heteroatoms. The Labute approximate surface area is 171 Å². The topological polar surface area (TPSA) is 74.3 Å². The normalized spacial score (nSPS) is 11.9.